The number of benzene rings is 1. The zero-order valence-electron chi connectivity index (χ0n) is 19.8. The van der Waals surface area contributed by atoms with Crippen LogP contribution in [0.25, 0.3) is 0 Å². The van der Waals surface area contributed by atoms with E-state index in [9.17, 15) is 4.79 Å². The largest absolute Gasteiger partial charge is 0.490 e. The summed E-state index contributed by atoms with van der Waals surface area (Å²) < 4.78 is 16.6. The predicted molar refractivity (Wildman–Crippen MR) is 140 cm³/mol. The lowest BCUT2D eigenvalue weighted by Crippen LogP contribution is -2.42. The van der Waals surface area contributed by atoms with Crippen LogP contribution in [0.15, 0.2) is 47.6 Å². The van der Waals surface area contributed by atoms with Crippen molar-refractivity contribution in [3.8, 4) is 17.4 Å². The molecule has 0 unspecified atom stereocenters. The SMILES string of the molecule is CCOc1ccccc1Oc1ccc(CNC(=NC)NCCNC(=O)OC(C)(C)C)cn1.I. The molecule has 0 radical (unpaired) electrons. The van der Waals surface area contributed by atoms with Gasteiger partial charge in [-0.1, -0.05) is 18.2 Å². The van der Waals surface area contributed by atoms with E-state index in [4.69, 9.17) is 14.2 Å². The molecule has 0 fully saturated rings. The van der Waals surface area contributed by atoms with Crippen molar-refractivity contribution >= 4 is 36.0 Å². The van der Waals surface area contributed by atoms with Crippen molar-refractivity contribution in [2.24, 2.45) is 4.99 Å². The van der Waals surface area contributed by atoms with Crippen LogP contribution in [-0.4, -0.2) is 49.4 Å². The minimum absolute atomic E-state index is 0. The summed E-state index contributed by atoms with van der Waals surface area (Å²) in [5, 5.41) is 9.02. The Balaban J connectivity index is 0.00000544. The highest BCUT2D eigenvalue weighted by Gasteiger charge is 2.15. The summed E-state index contributed by atoms with van der Waals surface area (Å²) in [6, 6.07) is 11.2. The molecule has 0 saturated carbocycles. The molecular formula is C23H34IN5O4. The molecule has 1 amide bonds. The van der Waals surface area contributed by atoms with Gasteiger partial charge in [-0.25, -0.2) is 9.78 Å². The van der Waals surface area contributed by atoms with Crippen LogP contribution in [0.3, 0.4) is 0 Å². The molecule has 0 saturated heterocycles. The van der Waals surface area contributed by atoms with Crippen LogP contribution in [0.4, 0.5) is 4.79 Å². The Kier molecular flexibility index (Phi) is 12.3. The summed E-state index contributed by atoms with van der Waals surface area (Å²) in [6.07, 6.45) is 1.29. The molecule has 33 heavy (non-hydrogen) atoms. The Morgan fingerprint density at radius 2 is 1.73 bits per heavy atom. The van der Waals surface area contributed by atoms with Crippen molar-refractivity contribution in [3.05, 3.63) is 48.2 Å². The van der Waals surface area contributed by atoms with Crippen molar-refractivity contribution < 1.29 is 19.0 Å². The smallest absolute Gasteiger partial charge is 0.407 e. The normalized spacial score (nSPS) is 11.1. The molecule has 0 aliphatic heterocycles. The molecule has 3 N–H and O–H groups in total. The number of hydrogen-bond acceptors (Lipinski definition) is 6. The number of nitrogens with zero attached hydrogens (tertiary/aromatic N) is 2. The van der Waals surface area contributed by atoms with Crippen LogP contribution >= 0.6 is 24.0 Å². The van der Waals surface area contributed by atoms with E-state index >= 15 is 0 Å². The summed E-state index contributed by atoms with van der Waals surface area (Å²) >= 11 is 0. The molecule has 2 rings (SSSR count). The van der Waals surface area contributed by atoms with Gasteiger partial charge in [0.15, 0.2) is 17.5 Å². The maximum absolute atomic E-state index is 11.6. The van der Waals surface area contributed by atoms with Crippen molar-refractivity contribution in [1.29, 1.82) is 0 Å². The van der Waals surface area contributed by atoms with Crippen LogP contribution in [-0.2, 0) is 11.3 Å². The average Bonchev–Trinajstić information content (AvgIpc) is 2.74. The van der Waals surface area contributed by atoms with Gasteiger partial charge in [-0.2, -0.15) is 0 Å². The first-order valence-corrected chi connectivity index (χ1v) is 10.6. The van der Waals surface area contributed by atoms with Gasteiger partial charge in [0.05, 0.1) is 6.61 Å². The van der Waals surface area contributed by atoms with Crippen molar-refractivity contribution in [2.45, 2.75) is 39.8 Å². The number of alkyl carbamates (subject to hydrolysis) is 1. The highest BCUT2D eigenvalue weighted by Crippen LogP contribution is 2.30. The zero-order chi connectivity index (χ0) is 23.4. The molecule has 0 aliphatic rings. The van der Waals surface area contributed by atoms with E-state index in [0.717, 1.165) is 5.56 Å². The van der Waals surface area contributed by atoms with E-state index in [1.807, 2.05) is 58.0 Å². The quantitative estimate of drug-likeness (QED) is 0.180. The van der Waals surface area contributed by atoms with Gasteiger partial charge >= 0.3 is 6.09 Å². The Labute approximate surface area is 212 Å². The Bertz CT molecular complexity index is 885. The van der Waals surface area contributed by atoms with E-state index in [2.05, 4.69) is 25.9 Å². The molecule has 0 bridgehead atoms. The van der Waals surface area contributed by atoms with Crippen molar-refractivity contribution in [1.82, 2.24) is 20.9 Å². The van der Waals surface area contributed by atoms with Gasteiger partial charge in [0.2, 0.25) is 5.88 Å². The first-order chi connectivity index (χ1) is 15.3. The van der Waals surface area contributed by atoms with E-state index in [1.165, 1.54) is 0 Å². The molecule has 0 aliphatic carbocycles. The number of guanidine groups is 1. The lowest BCUT2D eigenvalue weighted by molar-refractivity contribution is 0.0529. The fourth-order valence-electron chi connectivity index (χ4n) is 2.56. The van der Waals surface area contributed by atoms with E-state index in [-0.39, 0.29) is 24.0 Å². The number of para-hydroxylation sites is 2. The predicted octanol–water partition coefficient (Wildman–Crippen LogP) is 4.08. The summed E-state index contributed by atoms with van der Waals surface area (Å²) in [5.74, 6) is 2.40. The van der Waals surface area contributed by atoms with Gasteiger partial charge in [0.1, 0.15) is 5.60 Å². The minimum atomic E-state index is -0.517. The molecular weight excluding hydrogens is 537 g/mol. The number of hydrogen-bond donors (Lipinski definition) is 3. The average molecular weight is 571 g/mol. The van der Waals surface area contributed by atoms with Crippen LogP contribution < -0.4 is 25.4 Å². The molecule has 0 spiro atoms. The van der Waals surface area contributed by atoms with Gasteiger partial charge < -0.3 is 30.2 Å². The number of ether oxygens (including phenoxy) is 3. The number of amides is 1. The van der Waals surface area contributed by atoms with Crippen LogP contribution in [0.5, 0.6) is 17.4 Å². The Morgan fingerprint density at radius 3 is 2.33 bits per heavy atom. The third-order valence-corrected chi connectivity index (χ3v) is 3.93. The fraction of sp³-hybridized carbons (Fsp3) is 0.435. The lowest BCUT2D eigenvalue weighted by atomic mass is 10.2. The molecule has 9 nitrogen and oxygen atoms in total. The summed E-state index contributed by atoms with van der Waals surface area (Å²) in [4.78, 5) is 20.2. The number of aromatic nitrogens is 1. The Morgan fingerprint density at radius 1 is 1.03 bits per heavy atom. The summed E-state index contributed by atoms with van der Waals surface area (Å²) in [5.41, 5.74) is 0.446. The van der Waals surface area contributed by atoms with Gasteiger partial charge in [-0.15, -0.1) is 24.0 Å². The van der Waals surface area contributed by atoms with Crippen LogP contribution in [0.1, 0.15) is 33.3 Å². The van der Waals surface area contributed by atoms with Gasteiger partial charge in [-0.05, 0) is 45.4 Å². The second-order valence-electron chi connectivity index (χ2n) is 7.77. The third-order valence-electron chi connectivity index (χ3n) is 3.93. The number of halogens is 1. The molecule has 1 heterocycles. The highest BCUT2D eigenvalue weighted by molar-refractivity contribution is 14.0. The second-order valence-corrected chi connectivity index (χ2v) is 7.77. The molecule has 0 atom stereocenters. The number of rotatable bonds is 9. The minimum Gasteiger partial charge on any atom is -0.490 e. The molecule has 2 aromatic rings. The molecule has 1 aromatic carbocycles. The maximum Gasteiger partial charge on any atom is 0.407 e. The summed E-state index contributed by atoms with van der Waals surface area (Å²) in [6.45, 7) is 9.40. The topological polar surface area (TPSA) is 106 Å². The van der Waals surface area contributed by atoms with E-state index in [1.54, 1.807) is 19.3 Å². The number of nitrogens with one attached hydrogen (secondary N) is 3. The van der Waals surface area contributed by atoms with Crippen molar-refractivity contribution in [2.75, 3.05) is 26.7 Å². The zero-order valence-corrected chi connectivity index (χ0v) is 22.1. The number of pyridine rings is 1. The standard InChI is InChI=1S/C23H33N5O4.HI/c1-6-30-18-9-7-8-10-19(18)31-20-12-11-17(15-27-20)16-28-21(24-5)25-13-14-26-22(29)32-23(2,3)4;/h7-12,15H,6,13-14,16H2,1-5H3,(H,26,29)(H2,24,25,28);1H. The lowest BCUT2D eigenvalue weighted by Gasteiger charge is -2.19. The van der Waals surface area contributed by atoms with Crippen LogP contribution in [0.2, 0.25) is 0 Å². The third kappa shape index (κ3) is 11.1. The number of carbonyl (C=O) groups is 1. The van der Waals surface area contributed by atoms with Gasteiger partial charge in [0.25, 0.3) is 0 Å². The summed E-state index contributed by atoms with van der Waals surface area (Å²) in [7, 11) is 1.68. The fourth-order valence-corrected chi connectivity index (χ4v) is 2.56. The van der Waals surface area contributed by atoms with Crippen molar-refractivity contribution in [3.63, 3.8) is 0 Å². The number of aliphatic imine (C=N–C) groups is 1. The highest BCUT2D eigenvalue weighted by atomic mass is 127. The second kappa shape index (κ2) is 14.4. The van der Waals surface area contributed by atoms with Crippen LogP contribution in [0, 0.1) is 0 Å². The van der Waals surface area contributed by atoms with Gasteiger partial charge in [-0.3, -0.25) is 4.99 Å². The molecule has 182 valence electrons. The van der Waals surface area contributed by atoms with E-state index < -0.39 is 11.7 Å². The van der Waals surface area contributed by atoms with Gasteiger partial charge in [0, 0.05) is 38.9 Å². The number of carbonyl (C=O) groups excluding carboxylic acids is 1. The monoisotopic (exact) mass is 571 g/mol. The first-order valence-electron chi connectivity index (χ1n) is 10.6. The Hall–Kier alpha value is -2.76. The first kappa shape index (κ1) is 28.3. The maximum atomic E-state index is 11.6. The molecule has 1 aromatic heterocycles. The molecule has 10 heteroatoms. The van der Waals surface area contributed by atoms with E-state index in [0.29, 0.717) is 49.6 Å².